The molecule has 1 aliphatic rings. The molecule has 0 radical (unpaired) electrons. The number of benzene rings is 2. The molecule has 0 fully saturated rings. The van der Waals surface area contributed by atoms with Gasteiger partial charge in [0.25, 0.3) is 0 Å². The molecule has 2 aromatic rings. The summed E-state index contributed by atoms with van der Waals surface area (Å²) in [7, 11) is 0. The van der Waals surface area contributed by atoms with Gasteiger partial charge in [-0.3, -0.25) is 4.79 Å². The van der Waals surface area contributed by atoms with E-state index in [1.165, 1.54) is 0 Å². The van der Waals surface area contributed by atoms with E-state index in [0.29, 0.717) is 0 Å². The van der Waals surface area contributed by atoms with Gasteiger partial charge in [0.05, 0.1) is 0 Å². The number of fused-ring (bicyclic) bond motifs is 3. The van der Waals surface area contributed by atoms with Gasteiger partial charge in [0, 0.05) is 48.7 Å². The summed E-state index contributed by atoms with van der Waals surface area (Å²) in [6.45, 7) is 12.4. The van der Waals surface area contributed by atoms with E-state index in [0.717, 1.165) is 59.8 Å². The minimum absolute atomic E-state index is 0.156. The van der Waals surface area contributed by atoms with Gasteiger partial charge in [0.1, 0.15) is 0 Å². The normalized spacial score (nSPS) is 12.1. The van der Waals surface area contributed by atoms with Crippen molar-refractivity contribution in [1.29, 1.82) is 0 Å². The van der Waals surface area contributed by atoms with Crippen LogP contribution in [0, 0.1) is 0 Å². The molecule has 1 aliphatic carbocycles. The predicted molar refractivity (Wildman–Crippen MR) is 102 cm³/mol. The van der Waals surface area contributed by atoms with Crippen LogP contribution in [0.4, 0.5) is 11.4 Å². The highest BCUT2D eigenvalue weighted by molar-refractivity contribution is 6.22. The molecule has 0 N–H and O–H groups in total. The van der Waals surface area contributed by atoms with Crippen LogP contribution in [-0.4, -0.2) is 32.0 Å². The standard InChI is InChI=1S/C21H26N2O/c1-5-22(6-2)15-9-11-17-18-12-10-16(23(7-3)8-4)14-20(18)21(24)19(17)13-15/h9-14H,5-8H2,1-4H3. The van der Waals surface area contributed by atoms with Crippen LogP contribution >= 0.6 is 0 Å². The SMILES string of the molecule is CCN(CC)c1ccc2c(c1)C(=O)c1cc(N(CC)CC)ccc1-2. The maximum atomic E-state index is 13.0. The zero-order valence-corrected chi connectivity index (χ0v) is 15.1. The van der Waals surface area contributed by atoms with E-state index >= 15 is 0 Å². The number of ketones is 1. The van der Waals surface area contributed by atoms with E-state index in [-0.39, 0.29) is 5.78 Å². The van der Waals surface area contributed by atoms with Gasteiger partial charge < -0.3 is 9.80 Å². The third-order valence-electron chi connectivity index (χ3n) is 5.04. The molecule has 3 rings (SSSR count). The van der Waals surface area contributed by atoms with Crippen LogP contribution in [0.3, 0.4) is 0 Å². The van der Waals surface area contributed by atoms with Crippen molar-refractivity contribution >= 4 is 17.2 Å². The molecule has 0 bridgehead atoms. The number of hydrogen-bond donors (Lipinski definition) is 0. The molecular formula is C21H26N2O. The van der Waals surface area contributed by atoms with Crippen LogP contribution in [0.15, 0.2) is 36.4 Å². The maximum Gasteiger partial charge on any atom is 0.194 e. The Balaban J connectivity index is 2.04. The van der Waals surface area contributed by atoms with Crippen molar-refractivity contribution < 1.29 is 4.79 Å². The van der Waals surface area contributed by atoms with Crippen molar-refractivity contribution in [2.24, 2.45) is 0 Å². The number of hydrogen-bond acceptors (Lipinski definition) is 3. The van der Waals surface area contributed by atoms with E-state index in [1.54, 1.807) is 0 Å². The van der Waals surface area contributed by atoms with Crippen molar-refractivity contribution in [2.45, 2.75) is 27.7 Å². The molecule has 0 aliphatic heterocycles. The Labute approximate surface area is 144 Å². The van der Waals surface area contributed by atoms with Crippen LogP contribution in [0.5, 0.6) is 0 Å². The molecule has 0 unspecified atom stereocenters. The number of anilines is 2. The summed E-state index contributed by atoms with van der Waals surface area (Å²) in [5, 5.41) is 0. The molecular weight excluding hydrogens is 296 g/mol. The first kappa shape index (κ1) is 16.6. The average molecular weight is 322 g/mol. The van der Waals surface area contributed by atoms with Gasteiger partial charge >= 0.3 is 0 Å². The lowest BCUT2D eigenvalue weighted by molar-refractivity contribution is 0.104. The number of rotatable bonds is 6. The first-order chi connectivity index (χ1) is 11.6. The van der Waals surface area contributed by atoms with Crippen LogP contribution in [-0.2, 0) is 0 Å². The first-order valence-electron chi connectivity index (χ1n) is 8.97. The van der Waals surface area contributed by atoms with Gasteiger partial charge in [-0.1, -0.05) is 12.1 Å². The second-order valence-corrected chi connectivity index (χ2v) is 6.13. The topological polar surface area (TPSA) is 23.6 Å². The van der Waals surface area contributed by atoms with E-state index in [9.17, 15) is 4.79 Å². The van der Waals surface area contributed by atoms with E-state index < -0.39 is 0 Å². The summed E-state index contributed by atoms with van der Waals surface area (Å²) in [5.74, 6) is 0.156. The van der Waals surface area contributed by atoms with Crippen molar-refractivity contribution in [2.75, 3.05) is 36.0 Å². The van der Waals surface area contributed by atoms with Crippen molar-refractivity contribution in [1.82, 2.24) is 0 Å². The molecule has 126 valence electrons. The van der Waals surface area contributed by atoms with E-state index in [1.807, 2.05) is 0 Å². The molecule has 3 heteroatoms. The Morgan fingerprint density at radius 1 is 0.625 bits per heavy atom. The molecule has 0 spiro atoms. The van der Waals surface area contributed by atoms with Gasteiger partial charge in [0.15, 0.2) is 5.78 Å². The molecule has 0 atom stereocenters. The highest BCUT2D eigenvalue weighted by Gasteiger charge is 2.28. The Bertz CT molecular complexity index is 695. The van der Waals surface area contributed by atoms with Crippen molar-refractivity contribution in [3.05, 3.63) is 47.5 Å². The predicted octanol–water partition coefficient (Wildman–Crippen LogP) is 4.59. The lowest BCUT2D eigenvalue weighted by Crippen LogP contribution is -2.22. The largest absolute Gasteiger partial charge is 0.372 e. The summed E-state index contributed by atoms with van der Waals surface area (Å²) >= 11 is 0. The van der Waals surface area contributed by atoms with Crippen LogP contribution in [0.1, 0.15) is 43.6 Å². The fourth-order valence-electron chi connectivity index (χ4n) is 3.63. The summed E-state index contributed by atoms with van der Waals surface area (Å²) in [6, 6.07) is 12.6. The lowest BCUT2D eigenvalue weighted by atomic mass is 10.0. The van der Waals surface area contributed by atoms with Gasteiger partial charge in [0.2, 0.25) is 0 Å². The molecule has 0 heterocycles. The Hall–Kier alpha value is -2.29. The van der Waals surface area contributed by atoms with E-state index in [2.05, 4.69) is 73.9 Å². The summed E-state index contributed by atoms with van der Waals surface area (Å²) in [5.41, 5.74) is 6.07. The fraction of sp³-hybridized carbons (Fsp3) is 0.381. The summed E-state index contributed by atoms with van der Waals surface area (Å²) < 4.78 is 0. The lowest BCUT2D eigenvalue weighted by Gasteiger charge is -2.21. The molecule has 0 saturated carbocycles. The van der Waals surface area contributed by atoms with Crippen LogP contribution in [0.2, 0.25) is 0 Å². The monoisotopic (exact) mass is 322 g/mol. The number of carbonyl (C=O) groups is 1. The van der Waals surface area contributed by atoms with Gasteiger partial charge in [-0.25, -0.2) is 0 Å². The second kappa shape index (κ2) is 6.68. The summed E-state index contributed by atoms with van der Waals surface area (Å²) in [6.07, 6.45) is 0. The first-order valence-corrected chi connectivity index (χ1v) is 8.97. The van der Waals surface area contributed by atoms with Gasteiger partial charge in [-0.2, -0.15) is 0 Å². The second-order valence-electron chi connectivity index (χ2n) is 6.13. The molecule has 24 heavy (non-hydrogen) atoms. The highest BCUT2D eigenvalue weighted by Crippen LogP contribution is 2.40. The Kier molecular flexibility index (Phi) is 4.61. The third kappa shape index (κ3) is 2.58. The highest BCUT2D eigenvalue weighted by atomic mass is 16.1. The zero-order valence-electron chi connectivity index (χ0n) is 15.1. The smallest absolute Gasteiger partial charge is 0.194 e. The van der Waals surface area contributed by atoms with Crippen LogP contribution in [0.25, 0.3) is 11.1 Å². The molecule has 0 amide bonds. The van der Waals surface area contributed by atoms with Crippen molar-refractivity contribution in [3.63, 3.8) is 0 Å². The maximum absolute atomic E-state index is 13.0. The number of nitrogens with zero attached hydrogens (tertiary/aromatic N) is 2. The summed E-state index contributed by atoms with van der Waals surface area (Å²) in [4.78, 5) is 17.5. The average Bonchev–Trinajstić information content (AvgIpc) is 2.89. The zero-order chi connectivity index (χ0) is 17.3. The van der Waals surface area contributed by atoms with Gasteiger partial charge in [-0.05, 0) is 63.1 Å². The Morgan fingerprint density at radius 3 is 1.33 bits per heavy atom. The Morgan fingerprint density at radius 2 is 1.00 bits per heavy atom. The minimum atomic E-state index is 0.156. The van der Waals surface area contributed by atoms with Crippen LogP contribution < -0.4 is 9.80 Å². The molecule has 2 aromatic carbocycles. The van der Waals surface area contributed by atoms with E-state index in [4.69, 9.17) is 0 Å². The fourth-order valence-corrected chi connectivity index (χ4v) is 3.63. The quantitative estimate of drug-likeness (QED) is 0.663. The van der Waals surface area contributed by atoms with Crippen molar-refractivity contribution in [3.8, 4) is 11.1 Å². The minimum Gasteiger partial charge on any atom is -0.372 e. The molecule has 0 saturated heterocycles. The van der Waals surface area contributed by atoms with Gasteiger partial charge in [-0.15, -0.1) is 0 Å². The number of carbonyl (C=O) groups excluding carboxylic acids is 1. The third-order valence-corrected chi connectivity index (χ3v) is 5.04. The molecule has 3 nitrogen and oxygen atoms in total. The molecule has 0 aromatic heterocycles.